The van der Waals surface area contributed by atoms with Crippen LogP contribution >= 0.6 is 34.8 Å². The molecular weight excluding hydrogens is 298 g/mol. The molecule has 1 aromatic heterocycles. The van der Waals surface area contributed by atoms with Crippen molar-refractivity contribution in [3.05, 3.63) is 45.2 Å². The molecule has 2 rings (SSSR count). The van der Waals surface area contributed by atoms with Crippen LogP contribution in [0.1, 0.15) is 0 Å². The summed E-state index contributed by atoms with van der Waals surface area (Å²) in [6, 6.07) is 5.67. The van der Waals surface area contributed by atoms with Crippen LogP contribution in [0.4, 0.5) is 10.2 Å². The summed E-state index contributed by atoms with van der Waals surface area (Å²) >= 11 is 17.8. The highest BCUT2D eigenvalue weighted by molar-refractivity contribution is 6.37. The first-order valence-corrected chi connectivity index (χ1v) is 6.15. The van der Waals surface area contributed by atoms with Crippen LogP contribution in [0.5, 0.6) is 0 Å². The minimum absolute atomic E-state index is 0.281. The zero-order valence-electron chi connectivity index (χ0n) is 9.27. The van der Waals surface area contributed by atoms with Gasteiger partial charge < -0.3 is 5.32 Å². The number of hydrogen-bond donors (Lipinski definition) is 1. The first kappa shape index (κ1) is 13.4. The van der Waals surface area contributed by atoms with Crippen LogP contribution in [0.3, 0.4) is 0 Å². The summed E-state index contributed by atoms with van der Waals surface area (Å²) < 4.78 is 13.3. The molecule has 0 fully saturated rings. The number of halogens is 4. The second-order valence-corrected chi connectivity index (χ2v) is 4.81. The number of nitrogens with zero attached hydrogens (tertiary/aromatic N) is 1. The molecule has 2 aromatic rings. The number of pyridine rings is 1. The van der Waals surface area contributed by atoms with Crippen LogP contribution in [0.15, 0.2) is 24.3 Å². The van der Waals surface area contributed by atoms with Gasteiger partial charge in [0, 0.05) is 17.6 Å². The van der Waals surface area contributed by atoms with Gasteiger partial charge in [0.2, 0.25) is 0 Å². The lowest BCUT2D eigenvalue weighted by molar-refractivity contribution is 0.628. The van der Waals surface area contributed by atoms with Gasteiger partial charge in [-0.2, -0.15) is 0 Å². The molecule has 0 aliphatic carbocycles. The van der Waals surface area contributed by atoms with Gasteiger partial charge in [-0.05, 0) is 24.3 Å². The van der Waals surface area contributed by atoms with Crippen molar-refractivity contribution in [1.82, 2.24) is 4.98 Å². The molecule has 0 unspecified atom stereocenters. The van der Waals surface area contributed by atoms with E-state index in [1.54, 1.807) is 19.2 Å². The molecule has 0 spiro atoms. The Morgan fingerprint density at radius 3 is 2.39 bits per heavy atom. The van der Waals surface area contributed by atoms with E-state index in [2.05, 4.69) is 10.3 Å². The van der Waals surface area contributed by atoms with Crippen molar-refractivity contribution in [2.45, 2.75) is 0 Å². The SMILES string of the molecule is CNc1nc(-c2cc(F)cc(Cl)c2)c(Cl)cc1Cl. The maximum atomic E-state index is 13.3. The van der Waals surface area contributed by atoms with Gasteiger partial charge in [0.05, 0.1) is 15.7 Å². The molecule has 0 amide bonds. The van der Waals surface area contributed by atoms with E-state index in [0.29, 0.717) is 27.1 Å². The third kappa shape index (κ3) is 2.69. The van der Waals surface area contributed by atoms with E-state index in [-0.39, 0.29) is 5.02 Å². The number of aromatic nitrogens is 1. The molecule has 2 nitrogen and oxygen atoms in total. The lowest BCUT2D eigenvalue weighted by Gasteiger charge is -2.09. The van der Waals surface area contributed by atoms with Crippen molar-refractivity contribution in [2.75, 3.05) is 12.4 Å². The highest BCUT2D eigenvalue weighted by Gasteiger charge is 2.12. The molecule has 0 aliphatic rings. The zero-order chi connectivity index (χ0) is 13.3. The minimum Gasteiger partial charge on any atom is -0.372 e. The fraction of sp³-hybridized carbons (Fsp3) is 0.0833. The number of rotatable bonds is 2. The minimum atomic E-state index is -0.448. The van der Waals surface area contributed by atoms with Crippen LogP contribution in [0, 0.1) is 5.82 Å². The predicted molar refractivity (Wildman–Crippen MR) is 74.2 cm³/mol. The Labute approximate surface area is 119 Å². The highest BCUT2D eigenvalue weighted by Crippen LogP contribution is 2.33. The largest absolute Gasteiger partial charge is 0.372 e. The fourth-order valence-electron chi connectivity index (χ4n) is 1.53. The van der Waals surface area contributed by atoms with Gasteiger partial charge >= 0.3 is 0 Å². The average molecular weight is 306 g/mol. The second-order valence-electron chi connectivity index (χ2n) is 3.56. The zero-order valence-corrected chi connectivity index (χ0v) is 11.5. The molecule has 1 heterocycles. The summed E-state index contributed by atoms with van der Waals surface area (Å²) in [5.41, 5.74) is 0.921. The molecule has 0 bridgehead atoms. The van der Waals surface area contributed by atoms with Gasteiger partial charge in [0.1, 0.15) is 11.6 Å². The van der Waals surface area contributed by atoms with Crippen molar-refractivity contribution >= 4 is 40.6 Å². The molecule has 18 heavy (non-hydrogen) atoms. The first-order valence-electron chi connectivity index (χ1n) is 5.01. The molecule has 0 saturated carbocycles. The van der Waals surface area contributed by atoms with Crippen LogP contribution in [0.2, 0.25) is 15.1 Å². The van der Waals surface area contributed by atoms with Crippen molar-refractivity contribution in [3.8, 4) is 11.3 Å². The average Bonchev–Trinajstić information content (AvgIpc) is 2.27. The summed E-state index contributed by atoms with van der Waals surface area (Å²) in [5, 5.41) is 3.85. The third-order valence-corrected chi connectivity index (χ3v) is 3.10. The smallest absolute Gasteiger partial charge is 0.145 e. The van der Waals surface area contributed by atoms with E-state index >= 15 is 0 Å². The Morgan fingerprint density at radius 2 is 1.78 bits per heavy atom. The van der Waals surface area contributed by atoms with Crippen molar-refractivity contribution in [3.63, 3.8) is 0 Å². The highest BCUT2D eigenvalue weighted by atomic mass is 35.5. The van der Waals surface area contributed by atoms with Crippen LogP contribution in [0.25, 0.3) is 11.3 Å². The lowest BCUT2D eigenvalue weighted by atomic mass is 10.1. The quantitative estimate of drug-likeness (QED) is 0.854. The predicted octanol–water partition coefficient (Wildman–Crippen LogP) is 4.89. The van der Waals surface area contributed by atoms with E-state index < -0.39 is 5.82 Å². The fourth-order valence-corrected chi connectivity index (χ4v) is 2.32. The van der Waals surface area contributed by atoms with Gasteiger partial charge in [-0.25, -0.2) is 9.37 Å². The van der Waals surface area contributed by atoms with Gasteiger partial charge in [-0.3, -0.25) is 0 Å². The summed E-state index contributed by atoms with van der Waals surface area (Å²) in [4.78, 5) is 4.24. The van der Waals surface area contributed by atoms with E-state index in [9.17, 15) is 4.39 Å². The Balaban J connectivity index is 2.62. The van der Waals surface area contributed by atoms with E-state index in [1.165, 1.54) is 12.1 Å². The second kappa shape index (κ2) is 5.31. The monoisotopic (exact) mass is 304 g/mol. The Hall–Kier alpha value is -1.03. The molecule has 0 saturated heterocycles. The Morgan fingerprint density at radius 1 is 1.06 bits per heavy atom. The van der Waals surface area contributed by atoms with E-state index in [4.69, 9.17) is 34.8 Å². The molecule has 94 valence electrons. The number of anilines is 1. The maximum absolute atomic E-state index is 13.3. The van der Waals surface area contributed by atoms with Crippen molar-refractivity contribution in [1.29, 1.82) is 0 Å². The molecule has 0 aliphatic heterocycles. The van der Waals surface area contributed by atoms with Crippen molar-refractivity contribution in [2.24, 2.45) is 0 Å². The van der Waals surface area contributed by atoms with E-state index in [0.717, 1.165) is 0 Å². The van der Waals surface area contributed by atoms with E-state index in [1.807, 2.05) is 0 Å². The van der Waals surface area contributed by atoms with Crippen molar-refractivity contribution < 1.29 is 4.39 Å². The molecule has 0 radical (unpaired) electrons. The van der Waals surface area contributed by atoms with Crippen LogP contribution in [-0.4, -0.2) is 12.0 Å². The Kier molecular flexibility index (Phi) is 3.95. The molecule has 0 atom stereocenters. The molecule has 1 aromatic carbocycles. The van der Waals surface area contributed by atoms with Gasteiger partial charge in [0.25, 0.3) is 0 Å². The summed E-state index contributed by atoms with van der Waals surface area (Å²) in [5.74, 6) is 0.0211. The summed E-state index contributed by atoms with van der Waals surface area (Å²) in [6.07, 6.45) is 0. The van der Waals surface area contributed by atoms with Gasteiger partial charge in [-0.15, -0.1) is 0 Å². The summed E-state index contributed by atoms with van der Waals surface area (Å²) in [7, 11) is 1.68. The first-order chi connectivity index (χ1) is 8.51. The standard InChI is InChI=1S/C12H8Cl3FN2/c1-17-12-10(15)5-9(14)11(18-12)6-2-7(13)4-8(16)3-6/h2-5H,1H3,(H,17,18). The van der Waals surface area contributed by atoms with Gasteiger partial charge in [0.15, 0.2) is 0 Å². The number of hydrogen-bond acceptors (Lipinski definition) is 2. The molecular formula is C12H8Cl3FN2. The normalized spacial score (nSPS) is 10.5. The van der Waals surface area contributed by atoms with Crippen LogP contribution < -0.4 is 5.32 Å². The van der Waals surface area contributed by atoms with Gasteiger partial charge in [-0.1, -0.05) is 34.8 Å². The van der Waals surface area contributed by atoms with Crippen LogP contribution in [-0.2, 0) is 0 Å². The number of benzene rings is 1. The topological polar surface area (TPSA) is 24.9 Å². The Bertz CT molecular complexity index is 582. The molecule has 6 heteroatoms. The molecule has 1 N–H and O–H groups in total. The maximum Gasteiger partial charge on any atom is 0.145 e. The number of nitrogens with one attached hydrogen (secondary N) is 1. The third-order valence-electron chi connectivity index (χ3n) is 2.30. The summed E-state index contributed by atoms with van der Waals surface area (Å²) in [6.45, 7) is 0. The lowest BCUT2D eigenvalue weighted by Crippen LogP contribution is -1.96.